The summed E-state index contributed by atoms with van der Waals surface area (Å²) in [6.07, 6.45) is 0.941. The maximum Gasteiger partial charge on any atom is 0.408 e. The van der Waals surface area contributed by atoms with E-state index < -0.39 is 12.2 Å². The van der Waals surface area contributed by atoms with Crippen LogP contribution in [0, 0.1) is 5.92 Å². The van der Waals surface area contributed by atoms with Gasteiger partial charge >= 0.3 is 6.18 Å². The van der Waals surface area contributed by atoms with Crippen molar-refractivity contribution in [2.45, 2.75) is 31.5 Å². The lowest BCUT2D eigenvalue weighted by Crippen LogP contribution is -2.50. The van der Waals surface area contributed by atoms with Gasteiger partial charge in [0.15, 0.2) is 5.65 Å². The van der Waals surface area contributed by atoms with Gasteiger partial charge in [-0.25, -0.2) is 0 Å². The third-order valence-corrected chi connectivity index (χ3v) is 6.55. The first-order valence-electron chi connectivity index (χ1n) is 10.5. The second-order valence-electron chi connectivity index (χ2n) is 8.35. The van der Waals surface area contributed by atoms with Crippen LogP contribution in [0.4, 0.5) is 18.9 Å². The molecular weight excluding hydrogens is 427 g/mol. The van der Waals surface area contributed by atoms with E-state index >= 15 is 0 Å². The molecule has 1 aromatic carbocycles. The molecule has 2 aromatic heterocycles. The molecule has 1 atom stereocenters. The van der Waals surface area contributed by atoms with E-state index in [0.717, 1.165) is 17.9 Å². The highest BCUT2D eigenvalue weighted by Gasteiger charge is 2.45. The zero-order valence-corrected chi connectivity index (χ0v) is 17.6. The number of aromatic nitrogens is 3. The van der Waals surface area contributed by atoms with Gasteiger partial charge in [0.1, 0.15) is 16.9 Å². The Labute approximate surface area is 183 Å². The van der Waals surface area contributed by atoms with Gasteiger partial charge in [-0.3, -0.25) is 9.30 Å². The monoisotopic (exact) mass is 449 g/mol. The first-order valence-corrected chi connectivity index (χ1v) is 10.9. The van der Waals surface area contributed by atoms with Gasteiger partial charge < -0.3 is 4.90 Å². The number of rotatable bonds is 5. The van der Waals surface area contributed by atoms with E-state index in [9.17, 15) is 13.2 Å². The lowest BCUT2D eigenvalue weighted by molar-refractivity contribution is -0.187. The molecule has 5 nitrogen and oxygen atoms in total. The largest absolute Gasteiger partial charge is 0.408 e. The van der Waals surface area contributed by atoms with Crippen LogP contribution >= 0.6 is 11.6 Å². The molecule has 1 unspecified atom stereocenters. The Kier molecular flexibility index (Phi) is 5.30. The van der Waals surface area contributed by atoms with E-state index in [4.69, 9.17) is 11.6 Å². The molecule has 2 aliphatic rings. The highest BCUT2D eigenvalue weighted by atomic mass is 35.5. The van der Waals surface area contributed by atoms with Crippen molar-refractivity contribution >= 4 is 22.9 Å². The fraction of sp³-hybridized carbons (Fsp3) is 0.455. The zero-order valence-electron chi connectivity index (χ0n) is 16.9. The lowest BCUT2D eigenvalue weighted by Gasteiger charge is -2.41. The number of hydrogen-bond acceptors (Lipinski definition) is 4. The van der Waals surface area contributed by atoms with E-state index in [0.29, 0.717) is 42.8 Å². The van der Waals surface area contributed by atoms with Crippen LogP contribution in [0.1, 0.15) is 30.3 Å². The van der Waals surface area contributed by atoms with Gasteiger partial charge in [-0.1, -0.05) is 41.9 Å². The Morgan fingerprint density at radius 2 is 1.71 bits per heavy atom. The SMILES string of the molecule is FC(F)(F)C(c1ccccc1)N1CCN(c2ccn3c(CC4CC4)nnc3c2Cl)CC1. The third-order valence-electron chi connectivity index (χ3n) is 6.18. The van der Waals surface area contributed by atoms with E-state index in [1.165, 1.54) is 17.7 Å². The summed E-state index contributed by atoms with van der Waals surface area (Å²) in [5, 5.41) is 9.06. The number of fused-ring (bicyclic) bond motifs is 1. The van der Waals surface area contributed by atoms with Crippen molar-refractivity contribution in [1.29, 1.82) is 0 Å². The summed E-state index contributed by atoms with van der Waals surface area (Å²) in [5.41, 5.74) is 1.67. The van der Waals surface area contributed by atoms with Crippen LogP contribution < -0.4 is 4.90 Å². The van der Waals surface area contributed by atoms with Crippen molar-refractivity contribution in [2.75, 3.05) is 31.1 Å². The number of alkyl halides is 3. The second-order valence-corrected chi connectivity index (χ2v) is 8.73. The van der Waals surface area contributed by atoms with Crippen molar-refractivity contribution in [3.8, 4) is 0 Å². The smallest absolute Gasteiger partial charge is 0.368 e. The zero-order chi connectivity index (χ0) is 21.6. The van der Waals surface area contributed by atoms with Crippen LogP contribution in [0.25, 0.3) is 5.65 Å². The van der Waals surface area contributed by atoms with Gasteiger partial charge in [-0.05, 0) is 30.4 Å². The van der Waals surface area contributed by atoms with Crippen LogP contribution in [0.5, 0.6) is 0 Å². The minimum atomic E-state index is -4.33. The first-order chi connectivity index (χ1) is 14.9. The summed E-state index contributed by atoms with van der Waals surface area (Å²) in [4.78, 5) is 3.54. The summed E-state index contributed by atoms with van der Waals surface area (Å²) < 4.78 is 43.5. The number of halogens is 4. The quantitative estimate of drug-likeness (QED) is 0.562. The minimum absolute atomic E-state index is 0.273. The van der Waals surface area contributed by atoms with E-state index in [1.54, 1.807) is 30.3 Å². The topological polar surface area (TPSA) is 36.7 Å². The van der Waals surface area contributed by atoms with E-state index in [1.807, 2.05) is 21.6 Å². The Bertz CT molecular complexity index is 1060. The van der Waals surface area contributed by atoms with Gasteiger partial charge in [-0.15, -0.1) is 10.2 Å². The Morgan fingerprint density at radius 1 is 1.00 bits per heavy atom. The molecule has 0 N–H and O–H groups in total. The molecule has 1 saturated heterocycles. The third kappa shape index (κ3) is 4.11. The number of pyridine rings is 1. The average Bonchev–Trinajstić information content (AvgIpc) is 3.47. The van der Waals surface area contributed by atoms with Crippen LogP contribution in [0.2, 0.25) is 5.02 Å². The molecule has 31 heavy (non-hydrogen) atoms. The van der Waals surface area contributed by atoms with Gasteiger partial charge in [0, 0.05) is 38.8 Å². The number of hydrogen-bond donors (Lipinski definition) is 0. The Balaban J connectivity index is 1.34. The molecule has 2 fully saturated rings. The second kappa shape index (κ2) is 7.98. The summed E-state index contributed by atoms with van der Waals surface area (Å²) in [6.45, 7) is 1.50. The molecule has 5 rings (SSSR count). The van der Waals surface area contributed by atoms with Gasteiger partial charge in [0.25, 0.3) is 0 Å². The van der Waals surface area contributed by atoms with Crippen LogP contribution in [0.15, 0.2) is 42.6 Å². The van der Waals surface area contributed by atoms with Gasteiger partial charge in [-0.2, -0.15) is 13.2 Å². The molecule has 0 bridgehead atoms. The molecule has 1 aliphatic heterocycles. The summed E-state index contributed by atoms with van der Waals surface area (Å²) >= 11 is 6.65. The van der Waals surface area contributed by atoms with Crippen molar-refractivity contribution in [2.24, 2.45) is 5.92 Å². The van der Waals surface area contributed by atoms with E-state index in [2.05, 4.69) is 10.2 Å². The first kappa shape index (κ1) is 20.6. The normalized spacial score (nSPS) is 19.2. The molecule has 3 heterocycles. The molecule has 0 spiro atoms. The average molecular weight is 450 g/mol. The van der Waals surface area contributed by atoms with Crippen LogP contribution in [-0.4, -0.2) is 51.9 Å². The Hall–Kier alpha value is -2.32. The highest BCUT2D eigenvalue weighted by molar-refractivity contribution is 6.36. The molecule has 9 heteroatoms. The molecule has 164 valence electrons. The summed E-state index contributed by atoms with van der Waals surface area (Å²) in [5.74, 6) is 1.59. The van der Waals surface area contributed by atoms with Crippen LogP contribution in [0.3, 0.4) is 0 Å². The number of anilines is 1. The molecule has 1 aliphatic carbocycles. The summed E-state index contributed by atoms with van der Waals surface area (Å²) in [7, 11) is 0. The standard InChI is InChI=1S/C22H23ClF3N5/c23-19-17(8-9-31-18(14-15-6-7-15)27-28-21(19)31)29-10-12-30(13-11-29)20(22(24,25)26)16-4-2-1-3-5-16/h1-5,8-9,15,20H,6-7,10-14H2. The number of piperazine rings is 1. The predicted octanol–water partition coefficient (Wildman–Crippen LogP) is 4.76. The molecule has 0 amide bonds. The van der Waals surface area contributed by atoms with Crippen molar-refractivity contribution in [1.82, 2.24) is 19.5 Å². The van der Waals surface area contributed by atoms with Gasteiger partial charge in [0.2, 0.25) is 0 Å². The molecular formula is C22H23ClF3N5. The maximum absolute atomic E-state index is 13.9. The fourth-order valence-corrected chi connectivity index (χ4v) is 4.70. The number of benzene rings is 1. The van der Waals surface area contributed by atoms with E-state index in [-0.39, 0.29) is 5.56 Å². The maximum atomic E-state index is 13.9. The molecule has 0 radical (unpaired) electrons. The van der Waals surface area contributed by atoms with Gasteiger partial charge in [0.05, 0.1) is 5.69 Å². The predicted molar refractivity (Wildman–Crippen MR) is 113 cm³/mol. The number of nitrogens with zero attached hydrogens (tertiary/aromatic N) is 5. The van der Waals surface area contributed by atoms with Crippen LogP contribution in [-0.2, 0) is 6.42 Å². The minimum Gasteiger partial charge on any atom is -0.368 e. The molecule has 3 aromatic rings. The lowest BCUT2D eigenvalue weighted by atomic mass is 10.0. The highest BCUT2D eigenvalue weighted by Crippen LogP contribution is 2.39. The Morgan fingerprint density at radius 3 is 2.35 bits per heavy atom. The van der Waals surface area contributed by atoms with Crippen molar-refractivity contribution in [3.63, 3.8) is 0 Å². The molecule has 1 saturated carbocycles. The summed E-state index contributed by atoms with van der Waals surface area (Å²) in [6, 6.07) is 8.43. The fourth-order valence-electron chi connectivity index (χ4n) is 4.39. The van der Waals surface area contributed by atoms with Crippen molar-refractivity contribution < 1.29 is 13.2 Å². The van der Waals surface area contributed by atoms with Crippen molar-refractivity contribution in [3.05, 3.63) is 59.0 Å².